The first kappa shape index (κ1) is 9.15. The molecule has 3 nitrogen and oxygen atoms in total. The van der Waals surface area contributed by atoms with Crippen LogP contribution in [0.1, 0.15) is 10.5 Å². The van der Waals surface area contributed by atoms with E-state index in [0.717, 1.165) is 15.8 Å². The standard InChI is InChI=1S/C10H9NO2S/c1-14-7-2-3-8-6(4-7)5-9(11-8)10(12)13/h2-5,11H,1H3,(H,12,13). The van der Waals surface area contributed by atoms with Crippen LogP contribution in [0, 0.1) is 0 Å². The normalized spacial score (nSPS) is 10.6. The van der Waals surface area contributed by atoms with Gasteiger partial charge in [0.1, 0.15) is 5.69 Å². The van der Waals surface area contributed by atoms with Crippen LogP contribution in [0.2, 0.25) is 0 Å². The third-order valence-corrected chi connectivity index (χ3v) is 2.78. The molecule has 0 unspecified atom stereocenters. The highest BCUT2D eigenvalue weighted by atomic mass is 32.2. The van der Waals surface area contributed by atoms with Gasteiger partial charge in [-0.3, -0.25) is 0 Å². The van der Waals surface area contributed by atoms with Gasteiger partial charge in [-0.25, -0.2) is 4.79 Å². The van der Waals surface area contributed by atoms with Crippen molar-refractivity contribution in [2.75, 3.05) is 6.26 Å². The fraction of sp³-hybridized carbons (Fsp3) is 0.100. The zero-order chi connectivity index (χ0) is 10.1. The zero-order valence-electron chi connectivity index (χ0n) is 7.57. The Morgan fingerprint density at radius 1 is 1.43 bits per heavy atom. The van der Waals surface area contributed by atoms with Gasteiger partial charge >= 0.3 is 5.97 Å². The van der Waals surface area contributed by atoms with Crippen molar-refractivity contribution in [1.29, 1.82) is 0 Å². The van der Waals surface area contributed by atoms with Crippen molar-refractivity contribution in [3.8, 4) is 0 Å². The summed E-state index contributed by atoms with van der Waals surface area (Å²) in [4.78, 5) is 14.7. The number of fused-ring (bicyclic) bond motifs is 1. The Morgan fingerprint density at radius 3 is 2.86 bits per heavy atom. The van der Waals surface area contributed by atoms with Gasteiger partial charge in [0.25, 0.3) is 0 Å². The monoisotopic (exact) mass is 207 g/mol. The number of nitrogens with one attached hydrogen (secondary N) is 1. The van der Waals surface area contributed by atoms with E-state index in [4.69, 9.17) is 5.11 Å². The average molecular weight is 207 g/mol. The molecule has 1 heterocycles. The SMILES string of the molecule is CSc1ccc2[nH]c(C(=O)O)cc2c1. The number of benzene rings is 1. The van der Waals surface area contributed by atoms with Crippen LogP contribution in [0.5, 0.6) is 0 Å². The topological polar surface area (TPSA) is 53.1 Å². The van der Waals surface area contributed by atoms with Crippen molar-refractivity contribution < 1.29 is 9.90 Å². The highest BCUT2D eigenvalue weighted by Crippen LogP contribution is 2.22. The summed E-state index contributed by atoms with van der Waals surface area (Å²) in [6, 6.07) is 7.49. The van der Waals surface area contributed by atoms with Crippen LogP contribution in [-0.2, 0) is 0 Å². The number of hydrogen-bond donors (Lipinski definition) is 2. The van der Waals surface area contributed by atoms with E-state index in [9.17, 15) is 4.79 Å². The lowest BCUT2D eigenvalue weighted by atomic mass is 10.2. The molecule has 14 heavy (non-hydrogen) atoms. The second-order valence-electron chi connectivity index (χ2n) is 2.94. The molecule has 0 saturated carbocycles. The van der Waals surface area contributed by atoms with Crippen LogP contribution >= 0.6 is 11.8 Å². The van der Waals surface area contributed by atoms with E-state index < -0.39 is 5.97 Å². The van der Waals surface area contributed by atoms with Gasteiger partial charge in [-0.05, 0) is 30.5 Å². The maximum Gasteiger partial charge on any atom is 0.352 e. The second kappa shape index (κ2) is 3.38. The summed E-state index contributed by atoms with van der Waals surface area (Å²) in [5, 5.41) is 9.72. The highest BCUT2D eigenvalue weighted by molar-refractivity contribution is 7.98. The summed E-state index contributed by atoms with van der Waals surface area (Å²) in [7, 11) is 0. The van der Waals surface area contributed by atoms with Gasteiger partial charge in [-0.15, -0.1) is 11.8 Å². The number of thioether (sulfide) groups is 1. The Labute approximate surface area is 85.1 Å². The molecule has 1 aromatic carbocycles. The summed E-state index contributed by atoms with van der Waals surface area (Å²) < 4.78 is 0. The molecule has 0 radical (unpaired) electrons. The summed E-state index contributed by atoms with van der Waals surface area (Å²) in [6.07, 6.45) is 1.99. The summed E-state index contributed by atoms with van der Waals surface area (Å²) in [5.41, 5.74) is 1.10. The van der Waals surface area contributed by atoms with E-state index in [1.807, 2.05) is 24.5 Å². The van der Waals surface area contributed by atoms with Gasteiger partial charge in [0.15, 0.2) is 0 Å². The van der Waals surface area contributed by atoms with Gasteiger partial charge in [0.05, 0.1) is 0 Å². The van der Waals surface area contributed by atoms with E-state index in [1.54, 1.807) is 17.8 Å². The minimum Gasteiger partial charge on any atom is -0.477 e. The number of aromatic carboxylic acids is 1. The van der Waals surface area contributed by atoms with Crippen molar-refractivity contribution in [2.24, 2.45) is 0 Å². The number of carboxylic acids is 1. The van der Waals surface area contributed by atoms with Gasteiger partial charge in [-0.2, -0.15) is 0 Å². The molecule has 0 aliphatic carbocycles. The van der Waals surface area contributed by atoms with E-state index in [1.165, 1.54) is 0 Å². The Balaban J connectivity index is 2.60. The highest BCUT2D eigenvalue weighted by Gasteiger charge is 2.06. The molecule has 2 aromatic rings. The zero-order valence-corrected chi connectivity index (χ0v) is 8.39. The molecule has 1 aromatic heterocycles. The van der Waals surface area contributed by atoms with Crippen LogP contribution in [-0.4, -0.2) is 22.3 Å². The van der Waals surface area contributed by atoms with Crippen molar-refractivity contribution in [2.45, 2.75) is 4.90 Å². The fourth-order valence-electron chi connectivity index (χ4n) is 1.35. The van der Waals surface area contributed by atoms with Gasteiger partial charge < -0.3 is 10.1 Å². The maximum absolute atomic E-state index is 10.7. The first-order chi connectivity index (χ1) is 6.70. The molecule has 4 heteroatoms. The molecule has 2 N–H and O–H groups in total. The fourth-order valence-corrected chi connectivity index (χ4v) is 1.80. The van der Waals surface area contributed by atoms with Crippen molar-refractivity contribution in [1.82, 2.24) is 4.98 Å². The quantitative estimate of drug-likeness (QED) is 0.744. The summed E-state index contributed by atoms with van der Waals surface area (Å²) in [6.45, 7) is 0. The lowest BCUT2D eigenvalue weighted by Crippen LogP contribution is -1.94. The van der Waals surface area contributed by atoms with Crippen molar-refractivity contribution in [3.63, 3.8) is 0 Å². The first-order valence-corrected chi connectivity index (χ1v) is 5.33. The largest absolute Gasteiger partial charge is 0.477 e. The number of aromatic amines is 1. The molecule has 0 atom stereocenters. The number of rotatable bonds is 2. The molecule has 0 bridgehead atoms. The van der Waals surface area contributed by atoms with Gasteiger partial charge in [0, 0.05) is 15.8 Å². The van der Waals surface area contributed by atoms with E-state index in [2.05, 4.69) is 4.98 Å². The minimum atomic E-state index is -0.924. The molecule has 0 aliphatic heterocycles. The van der Waals surface area contributed by atoms with Crippen LogP contribution in [0.15, 0.2) is 29.2 Å². The third-order valence-electron chi connectivity index (χ3n) is 2.06. The number of aromatic nitrogens is 1. The average Bonchev–Trinajstić information content (AvgIpc) is 2.59. The lowest BCUT2D eigenvalue weighted by Gasteiger charge is -1.94. The van der Waals surface area contributed by atoms with Crippen molar-refractivity contribution in [3.05, 3.63) is 30.0 Å². The van der Waals surface area contributed by atoms with Crippen molar-refractivity contribution >= 4 is 28.6 Å². The number of hydrogen-bond acceptors (Lipinski definition) is 2. The molecule has 0 fully saturated rings. The Hall–Kier alpha value is -1.42. The molecule has 0 saturated heterocycles. The molecular formula is C10H9NO2S. The van der Waals surface area contributed by atoms with E-state index >= 15 is 0 Å². The Bertz CT molecular complexity index is 490. The van der Waals surface area contributed by atoms with Gasteiger partial charge in [0.2, 0.25) is 0 Å². The lowest BCUT2D eigenvalue weighted by molar-refractivity contribution is 0.0691. The molecule has 0 aliphatic rings. The predicted molar refractivity (Wildman–Crippen MR) is 57.0 cm³/mol. The van der Waals surface area contributed by atoms with Crippen LogP contribution in [0.3, 0.4) is 0 Å². The molecular weight excluding hydrogens is 198 g/mol. The predicted octanol–water partition coefficient (Wildman–Crippen LogP) is 2.59. The molecule has 2 rings (SSSR count). The summed E-state index contributed by atoms with van der Waals surface area (Å²) >= 11 is 1.64. The minimum absolute atomic E-state index is 0.234. The van der Waals surface area contributed by atoms with Crippen LogP contribution < -0.4 is 0 Å². The first-order valence-electron chi connectivity index (χ1n) is 4.11. The number of carboxylic acid groups (broad SMARTS) is 1. The smallest absolute Gasteiger partial charge is 0.352 e. The summed E-state index contributed by atoms with van der Waals surface area (Å²) in [5.74, 6) is -0.924. The maximum atomic E-state index is 10.7. The number of H-pyrrole nitrogens is 1. The second-order valence-corrected chi connectivity index (χ2v) is 3.82. The molecule has 72 valence electrons. The van der Waals surface area contributed by atoms with E-state index in [0.29, 0.717) is 0 Å². The van der Waals surface area contributed by atoms with Crippen LogP contribution in [0.25, 0.3) is 10.9 Å². The van der Waals surface area contributed by atoms with Crippen LogP contribution in [0.4, 0.5) is 0 Å². The Morgan fingerprint density at radius 2 is 2.21 bits per heavy atom. The molecule has 0 amide bonds. The third kappa shape index (κ3) is 1.48. The number of carbonyl (C=O) groups is 1. The van der Waals surface area contributed by atoms with Gasteiger partial charge in [-0.1, -0.05) is 0 Å². The Kier molecular flexibility index (Phi) is 2.21. The molecule has 0 spiro atoms. The van der Waals surface area contributed by atoms with E-state index in [-0.39, 0.29) is 5.69 Å².